The third kappa shape index (κ3) is 15.7. The quantitative estimate of drug-likeness (QED) is 0.212. The van der Waals surface area contributed by atoms with Crippen LogP contribution in [0.2, 0.25) is 0 Å². The van der Waals surface area contributed by atoms with Crippen molar-refractivity contribution in [3.8, 4) is 0 Å². The monoisotopic (exact) mass is 521 g/mol. The summed E-state index contributed by atoms with van der Waals surface area (Å²) in [6.45, 7) is 21.7. The van der Waals surface area contributed by atoms with Crippen LogP contribution in [0.3, 0.4) is 0 Å². The summed E-state index contributed by atoms with van der Waals surface area (Å²) in [6, 6.07) is 0. The zero-order valence-electron chi connectivity index (χ0n) is 24.5. The van der Waals surface area contributed by atoms with E-state index in [2.05, 4.69) is 0 Å². The van der Waals surface area contributed by atoms with E-state index < -0.39 is 28.9 Å². The molecule has 214 valence electrons. The first-order valence-corrected chi connectivity index (χ1v) is 12.6. The Morgan fingerprint density at radius 3 is 1.61 bits per heavy atom. The summed E-state index contributed by atoms with van der Waals surface area (Å²) >= 11 is 0. The first kappa shape index (κ1) is 34.7. The predicted molar refractivity (Wildman–Crippen MR) is 136 cm³/mol. The molecule has 0 saturated carbocycles. The van der Waals surface area contributed by atoms with Gasteiger partial charge in [-0.05, 0) is 83.1 Å². The van der Waals surface area contributed by atoms with Crippen molar-refractivity contribution in [3.05, 3.63) is 0 Å². The smallest absolute Gasteiger partial charge is 0.337 e. The van der Waals surface area contributed by atoms with E-state index in [1.165, 1.54) is 0 Å². The molecule has 0 heterocycles. The van der Waals surface area contributed by atoms with Gasteiger partial charge in [0.15, 0.2) is 11.2 Å². The second-order valence-corrected chi connectivity index (χ2v) is 11.1. The van der Waals surface area contributed by atoms with Crippen LogP contribution >= 0.6 is 0 Å². The fourth-order valence-electron chi connectivity index (χ4n) is 3.11. The molecule has 0 aliphatic heterocycles. The van der Waals surface area contributed by atoms with E-state index in [4.69, 9.17) is 38.9 Å². The Morgan fingerprint density at radius 2 is 1.11 bits per heavy atom. The van der Waals surface area contributed by atoms with Crippen LogP contribution in [0.25, 0.3) is 0 Å². The highest BCUT2D eigenvalue weighted by atomic mass is 16.6. The van der Waals surface area contributed by atoms with Crippen LogP contribution < -0.4 is 5.73 Å². The van der Waals surface area contributed by atoms with Crippen LogP contribution in [0.15, 0.2) is 0 Å². The van der Waals surface area contributed by atoms with Crippen molar-refractivity contribution >= 4 is 11.9 Å². The number of hydrogen-bond acceptors (Lipinski definition) is 10. The minimum atomic E-state index is -1.17. The fraction of sp³-hybridized carbons (Fsp3) is 0.923. The molecule has 0 fully saturated rings. The van der Waals surface area contributed by atoms with Crippen LogP contribution in [-0.2, 0) is 42.7 Å². The molecule has 0 aromatic carbocycles. The van der Waals surface area contributed by atoms with Crippen LogP contribution in [0.1, 0.15) is 83.1 Å². The van der Waals surface area contributed by atoms with Crippen molar-refractivity contribution in [2.75, 3.05) is 26.4 Å². The number of rotatable bonds is 18. The molecular weight excluding hydrogens is 470 g/mol. The molecule has 0 saturated heterocycles. The predicted octanol–water partition coefficient (Wildman–Crippen LogP) is 3.37. The molecule has 10 nitrogen and oxygen atoms in total. The lowest BCUT2D eigenvalue weighted by Crippen LogP contribution is -2.43. The lowest BCUT2D eigenvalue weighted by molar-refractivity contribution is -0.185. The normalized spacial score (nSPS) is 16.4. The summed E-state index contributed by atoms with van der Waals surface area (Å²) < 4.78 is 39.2. The number of nitrogens with two attached hydrogens (primary N) is 1. The number of carbonyl (C=O) groups excluding carboxylic acids is 2. The summed E-state index contributed by atoms with van der Waals surface area (Å²) in [5, 5.41) is 0. The Balaban J connectivity index is 4.43. The molecular formula is C26H51NO9. The largest absolute Gasteiger partial charge is 0.461 e. The molecule has 0 spiro atoms. The van der Waals surface area contributed by atoms with Crippen molar-refractivity contribution < 1.29 is 42.7 Å². The Bertz CT molecular complexity index is 658. The molecule has 0 aliphatic carbocycles. The maximum atomic E-state index is 12.4. The molecule has 2 N–H and O–H groups in total. The van der Waals surface area contributed by atoms with Gasteiger partial charge in [-0.15, -0.1) is 0 Å². The van der Waals surface area contributed by atoms with E-state index in [9.17, 15) is 9.59 Å². The van der Waals surface area contributed by atoms with E-state index in [0.717, 1.165) is 0 Å². The lowest BCUT2D eigenvalue weighted by atomic mass is 10.1. The van der Waals surface area contributed by atoms with Gasteiger partial charge in [0.05, 0.1) is 43.7 Å². The zero-order valence-corrected chi connectivity index (χ0v) is 24.5. The highest BCUT2D eigenvalue weighted by molar-refractivity contribution is 5.79. The van der Waals surface area contributed by atoms with E-state index in [0.29, 0.717) is 0 Å². The van der Waals surface area contributed by atoms with Gasteiger partial charge in [-0.1, -0.05) is 0 Å². The molecule has 0 bridgehead atoms. The van der Waals surface area contributed by atoms with Crippen LogP contribution in [0, 0.1) is 0 Å². The summed E-state index contributed by atoms with van der Waals surface area (Å²) in [7, 11) is 0. The first-order valence-electron chi connectivity index (χ1n) is 12.6. The van der Waals surface area contributed by atoms with Gasteiger partial charge in [0.1, 0.15) is 18.9 Å². The minimum Gasteiger partial charge on any atom is -0.461 e. The molecule has 0 radical (unpaired) electrons. The van der Waals surface area contributed by atoms with Crippen molar-refractivity contribution in [2.24, 2.45) is 5.73 Å². The average Bonchev–Trinajstić information content (AvgIpc) is 2.70. The van der Waals surface area contributed by atoms with Gasteiger partial charge >= 0.3 is 11.9 Å². The number of carbonyl (C=O) groups is 2. The summed E-state index contributed by atoms with van der Waals surface area (Å²) in [6.07, 6.45) is -1.22. The van der Waals surface area contributed by atoms with E-state index in [1.807, 2.05) is 27.7 Å². The molecule has 4 atom stereocenters. The second-order valence-electron chi connectivity index (χ2n) is 11.1. The van der Waals surface area contributed by atoms with Crippen molar-refractivity contribution in [1.82, 2.24) is 0 Å². The topological polar surface area (TPSA) is 125 Å². The number of hydrogen-bond donors (Lipinski definition) is 1. The Morgan fingerprint density at radius 1 is 0.639 bits per heavy atom. The fourth-order valence-corrected chi connectivity index (χ4v) is 3.11. The van der Waals surface area contributed by atoms with Crippen LogP contribution in [0.4, 0.5) is 0 Å². The summed E-state index contributed by atoms with van der Waals surface area (Å²) in [5.74, 6) is -0.981. The zero-order chi connectivity index (χ0) is 28.3. The maximum absolute atomic E-state index is 12.4. The second kappa shape index (κ2) is 15.2. The third-order valence-corrected chi connectivity index (χ3v) is 4.68. The van der Waals surface area contributed by atoms with Crippen LogP contribution in [-0.4, -0.2) is 85.8 Å². The van der Waals surface area contributed by atoms with Gasteiger partial charge in [0, 0.05) is 0 Å². The Labute approximate surface area is 217 Å². The van der Waals surface area contributed by atoms with Gasteiger partial charge < -0.3 is 38.9 Å². The first-order chi connectivity index (χ1) is 16.2. The third-order valence-electron chi connectivity index (χ3n) is 4.68. The molecule has 0 aromatic rings. The molecule has 36 heavy (non-hydrogen) atoms. The van der Waals surface area contributed by atoms with Crippen molar-refractivity contribution in [3.63, 3.8) is 0 Å². The molecule has 0 rings (SSSR count). The van der Waals surface area contributed by atoms with Gasteiger partial charge in [0.2, 0.25) is 0 Å². The van der Waals surface area contributed by atoms with Crippen LogP contribution in [0.5, 0.6) is 0 Å². The van der Waals surface area contributed by atoms with Gasteiger partial charge in [0.25, 0.3) is 0 Å². The van der Waals surface area contributed by atoms with E-state index >= 15 is 0 Å². The van der Waals surface area contributed by atoms with Crippen molar-refractivity contribution in [2.45, 2.75) is 131 Å². The van der Waals surface area contributed by atoms with Gasteiger partial charge in [-0.25, -0.2) is 9.59 Å². The van der Waals surface area contributed by atoms with Gasteiger partial charge in [-0.3, -0.25) is 0 Å². The molecule has 10 heteroatoms. The number of esters is 2. The highest BCUT2D eigenvalue weighted by Crippen LogP contribution is 2.17. The minimum absolute atomic E-state index is 0.0505. The highest BCUT2D eigenvalue weighted by Gasteiger charge is 2.34. The molecule has 0 aromatic heterocycles. The van der Waals surface area contributed by atoms with Gasteiger partial charge in [-0.2, -0.15) is 0 Å². The average molecular weight is 522 g/mol. The SMILES string of the molecule is CC(C)OC(C)COC(=O)C(C)(C)OC(C)COC(C)COC(C)(C)C(=O)OCC(C)OC(C)(C)N. The van der Waals surface area contributed by atoms with E-state index in [1.54, 1.807) is 55.4 Å². The standard InChI is InChI=1S/C26H51NO9/c1-17(2)34-19(4)13-31-23(29)25(9,10)35-20(5)14-30-18(3)16-33-24(7,8)22(28)32-15-21(6)36-26(11,12)27/h17-21H,13-16,27H2,1-12H3. The summed E-state index contributed by atoms with van der Waals surface area (Å²) in [5.41, 5.74) is 2.68. The molecule has 4 unspecified atom stereocenters. The number of ether oxygens (including phenoxy) is 7. The Kier molecular flexibility index (Phi) is 14.6. The molecule has 0 aliphatic rings. The summed E-state index contributed by atoms with van der Waals surface area (Å²) in [4.78, 5) is 24.9. The Hall–Kier alpha value is -1.30. The van der Waals surface area contributed by atoms with Crippen molar-refractivity contribution in [1.29, 1.82) is 0 Å². The lowest BCUT2D eigenvalue weighted by Gasteiger charge is -2.29. The maximum Gasteiger partial charge on any atom is 0.337 e. The molecule has 0 amide bonds. The van der Waals surface area contributed by atoms with E-state index in [-0.39, 0.29) is 56.9 Å².